The molecule has 2 aliphatic heterocycles. The molecule has 21 heavy (non-hydrogen) atoms. The van der Waals surface area contributed by atoms with Gasteiger partial charge in [0.15, 0.2) is 0 Å². The third kappa shape index (κ3) is 5.22. The Labute approximate surface area is 132 Å². The lowest BCUT2D eigenvalue weighted by atomic mass is 9.83. The average molecular weight is 296 g/mol. The van der Waals surface area contributed by atoms with Crippen molar-refractivity contribution in [2.75, 3.05) is 46.3 Å². The predicted molar refractivity (Wildman–Crippen MR) is 91.7 cm³/mol. The molecule has 2 heterocycles. The maximum Gasteiger partial charge on any atom is 0.0145 e. The molecule has 3 heteroatoms. The minimum Gasteiger partial charge on any atom is -0.316 e. The fourth-order valence-electron chi connectivity index (χ4n) is 4.23. The molecule has 1 N–H and O–H groups in total. The van der Waals surface area contributed by atoms with E-state index in [0.29, 0.717) is 5.41 Å². The standard InChI is InChI=1S/C18H37N3/c1-15(2)11-19-13-18(3,4)14-21-10-8-17-16(12-21)7-6-9-20(17)5/h15-17,19H,6-14H2,1-5H3. The number of nitrogens with one attached hydrogen (secondary N) is 1. The predicted octanol–water partition coefficient (Wildman–Crippen LogP) is 2.67. The summed E-state index contributed by atoms with van der Waals surface area (Å²) >= 11 is 0. The molecule has 0 aliphatic carbocycles. The van der Waals surface area contributed by atoms with Gasteiger partial charge in [-0.2, -0.15) is 0 Å². The van der Waals surface area contributed by atoms with E-state index in [0.717, 1.165) is 31.0 Å². The highest BCUT2D eigenvalue weighted by molar-refractivity contribution is 4.90. The Balaban J connectivity index is 1.78. The maximum absolute atomic E-state index is 3.64. The fourth-order valence-corrected chi connectivity index (χ4v) is 4.23. The molecule has 124 valence electrons. The Kier molecular flexibility index (Phi) is 6.10. The van der Waals surface area contributed by atoms with Crippen LogP contribution in [0.2, 0.25) is 0 Å². The highest BCUT2D eigenvalue weighted by atomic mass is 15.2. The topological polar surface area (TPSA) is 18.5 Å². The van der Waals surface area contributed by atoms with Crippen molar-refractivity contribution in [1.82, 2.24) is 15.1 Å². The van der Waals surface area contributed by atoms with Crippen LogP contribution in [0.1, 0.15) is 47.0 Å². The number of hydrogen-bond donors (Lipinski definition) is 1. The van der Waals surface area contributed by atoms with Gasteiger partial charge in [-0.25, -0.2) is 0 Å². The number of piperidine rings is 2. The van der Waals surface area contributed by atoms with Gasteiger partial charge in [0.1, 0.15) is 0 Å². The van der Waals surface area contributed by atoms with Gasteiger partial charge in [0, 0.05) is 25.7 Å². The Bertz CT molecular complexity index is 314. The Morgan fingerprint density at radius 3 is 2.67 bits per heavy atom. The average Bonchev–Trinajstić information content (AvgIpc) is 2.37. The molecule has 3 nitrogen and oxygen atoms in total. The van der Waals surface area contributed by atoms with Crippen LogP contribution >= 0.6 is 0 Å². The van der Waals surface area contributed by atoms with E-state index in [9.17, 15) is 0 Å². The summed E-state index contributed by atoms with van der Waals surface area (Å²) in [5, 5.41) is 3.64. The number of nitrogens with zero attached hydrogens (tertiary/aromatic N) is 2. The minimum absolute atomic E-state index is 0.377. The zero-order valence-electron chi connectivity index (χ0n) is 15.0. The van der Waals surface area contributed by atoms with E-state index in [-0.39, 0.29) is 0 Å². The first kappa shape index (κ1) is 17.2. The van der Waals surface area contributed by atoms with Crippen molar-refractivity contribution in [3.63, 3.8) is 0 Å². The molecule has 0 saturated carbocycles. The highest BCUT2D eigenvalue weighted by Gasteiger charge is 2.35. The summed E-state index contributed by atoms with van der Waals surface area (Å²) in [6.07, 6.45) is 4.21. The third-order valence-electron chi connectivity index (χ3n) is 5.24. The van der Waals surface area contributed by atoms with Crippen molar-refractivity contribution in [3.05, 3.63) is 0 Å². The summed E-state index contributed by atoms with van der Waals surface area (Å²) in [5.74, 6) is 1.66. The second kappa shape index (κ2) is 7.43. The molecule has 2 rings (SSSR count). The van der Waals surface area contributed by atoms with Crippen LogP contribution in [0.5, 0.6) is 0 Å². The van der Waals surface area contributed by atoms with Gasteiger partial charge in [-0.15, -0.1) is 0 Å². The molecule has 2 aliphatic rings. The lowest BCUT2D eigenvalue weighted by Gasteiger charge is -2.47. The zero-order valence-corrected chi connectivity index (χ0v) is 15.0. The van der Waals surface area contributed by atoms with Crippen LogP contribution in [0.3, 0.4) is 0 Å². The lowest BCUT2D eigenvalue weighted by molar-refractivity contribution is 0.0240. The quantitative estimate of drug-likeness (QED) is 0.813. The molecule has 0 radical (unpaired) electrons. The van der Waals surface area contributed by atoms with Gasteiger partial charge >= 0.3 is 0 Å². The highest BCUT2D eigenvalue weighted by Crippen LogP contribution is 2.30. The number of fused-ring (bicyclic) bond motifs is 1. The smallest absolute Gasteiger partial charge is 0.0145 e. The first-order valence-electron chi connectivity index (χ1n) is 9.01. The van der Waals surface area contributed by atoms with E-state index < -0.39 is 0 Å². The summed E-state index contributed by atoms with van der Waals surface area (Å²) in [6.45, 7) is 16.8. The van der Waals surface area contributed by atoms with E-state index in [2.05, 4.69) is 49.9 Å². The zero-order chi connectivity index (χ0) is 15.5. The molecule has 0 spiro atoms. The van der Waals surface area contributed by atoms with Crippen molar-refractivity contribution in [1.29, 1.82) is 0 Å². The van der Waals surface area contributed by atoms with Gasteiger partial charge in [-0.1, -0.05) is 27.7 Å². The van der Waals surface area contributed by atoms with E-state index in [1.54, 1.807) is 0 Å². The normalized spacial score (nSPS) is 28.9. The number of hydrogen-bond acceptors (Lipinski definition) is 3. The maximum atomic E-state index is 3.64. The molecule has 2 unspecified atom stereocenters. The third-order valence-corrected chi connectivity index (χ3v) is 5.24. The Morgan fingerprint density at radius 2 is 1.95 bits per heavy atom. The van der Waals surface area contributed by atoms with Gasteiger partial charge in [0.05, 0.1) is 0 Å². The van der Waals surface area contributed by atoms with Crippen LogP contribution in [0.4, 0.5) is 0 Å². The van der Waals surface area contributed by atoms with Crippen molar-refractivity contribution in [2.24, 2.45) is 17.3 Å². The molecular weight excluding hydrogens is 258 g/mol. The van der Waals surface area contributed by atoms with Crippen molar-refractivity contribution < 1.29 is 0 Å². The van der Waals surface area contributed by atoms with Gasteiger partial charge in [0.25, 0.3) is 0 Å². The molecule has 0 aromatic heterocycles. The molecule has 0 aromatic rings. The molecule has 0 bridgehead atoms. The monoisotopic (exact) mass is 295 g/mol. The second-order valence-electron chi connectivity index (χ2n) is 8.66. The SMILES string of the molecule is CC(C)CNCC(C)(C)CN1CCC2C(CCCN2C)C1. The fraction of sp³-hybridized carbons (Fsp3) is 1.00. The summed E-state index contributed by atoms with van der Waals surface area (Å²) in [7, 11) is 2.33. The summed E-state index contributed by atoms with van der Waals surface area (Å²) in [4.78, 5) is 5.35. The molecule has 2 saturated heterocycles. The van der Waals surface area contributed by atoms with Gasteiger partial charge in [0.2, 0.25) is 0 Å². The Hall–Kier alpha value is -0.120. The van der Waals surface area contributed by atoms with E-state index >= 15 is 0 Å². The van der Waals surface area contributed by atoms with Gasteiger partial charge in [-0.3, -0.25) is 0 Å². The first-order chi connectivity index (χ1) is 9.87. The molecule has 0 aromatic carbocycles. The van der Waals surface area contributed by atoms with Crippen LogP contribution in [0.25, 0.3) is 0 Å². The molecule has 0 amide bonds. The molecule has 2 atom stereocenters. The van der Waals surface area contributed by atoms with Crippen LogP contribution in [-0.4, -0.2) is 62.2 Å². The molecular formula is C18H37N3. The minimum atomic E-state index is 0.377. The first-order valence-corrected chi connectivity index (χ1v) is 9.01. The lowest BCUT2D eigenvalue weighted by Crippen LogP contribution is -2.54. The van der Waals surface area contributed by atoms with Crippen LogP contribution < -0.4 is 5.32 Å². The van der Waals surface area contributed by atoms with Crippen molar-refractivity contribution >= 4 is 0 Å². The number of likely N-dealkylation sites (tertiary alicyclic amines) is 2. The van der Waals surface area contributed by atoms with Gasteiger partial charge in [-0.05, 0) is 63.2 Å². The van der Waals surface area contributed by atoms with E-state index in [1.165, 1.54) is 45.4 Å². The molecule has 2 fully saturated rings. The van der Waals surface area contributed by atoms with Crippen LogP contribution in [0, 0.1) is 17.3 Å². The van der Waals surface area contributed by atoms with Gasteiger partial charge < -0.3 is 15.1 Å². The Morgan fingerprint density at radius 1 is 1.19 bits per heavy atom. The largest absolute Gasteiger partial charge is 0.316 e. The van der Waals surface area contributed by atoms with Crippen LogP contribution in [0.15, 0.2) is 0 Å². The summed E-state index contributed by atoms with van der Waals surface area (Å²) in [5.41, 5.74) is 0.377. The van der Waals surface area contributed by atoms with E-state index in [1.807, 2.05) is 0 Å². The van der Waals surface area contributed by atoms with E-state index in [4.69, 9.17) is 0 Å². The van der Waals surface area contributed by atoms with Crippen molar-refractivity contribution in [2.45, 2.75) is 53.0 Å². The second-order valence-corrected chi connectivity index (χ2v) is 8.66. The van der Waals surface area contributed by atoms with Crippen LogP contribution in [-0.2, 0) is 0 Å². The number of rotatable bonds is 6. The summed E-state index contributed by atoms with van der Waals surface area (Å²) in [6, 6.07) is 0.858. The summed E-state index contributed by atoms with van der Waals surface area (Å²) < 4.78 is 0. The van der Waals surface area contributed by atoms with Crippen molar-refractivity contribution in [3.8, 4) is 0 Å².